The van der Waals surface area contributed by atoms with Crippen LogP contribution in [-0.2, 0) is 0 Å². The van der Waals surface area contributed by atoms with Gasteiger partial charge in [-0.1, -0.05) is 30.9 Å². The van der Waals surface area contributed by atoms with Gasteiger partial charge in [-0.15, -0.1) is 0 Å². The molecule has 1 aliphatic rings. The zero-order valence-electron chi connectivity index (χ0n) is 13.5. The Morgan fingerprint density at radius 3 is 2.39 bits per heavy atom. The van der Waals surface area contributed by atoms with Crippen molar-refractivity contribution in [3.05, 3.63) is 23.1 Å². The van der Waals surface area contributed by atoms with Gasteiger partial charge in [0.25, 0.3) is 5.92 Å². The molecule has 0 spiro atoms. The summed E-state index contributed by atoms with van der Waals surface area (Å²) in [7, 11) is 0. The maximum Gasteiger partial charge on any atom is 0.286 e. The lowest BCUT2D eigenvalue weighted by Crippen LogP contribution is -2.30. The van der Waals surface area contributed by atoms with Crippen LogP contribution in [0.3, 0.4) is 0 Å². The number of rotatable bonds is 6. The van der Waals surface area contributed by atoms with Crippen LogP contribution in [0.5, 0.6) is 0 Å². The van der Waals surface area contributed by atoms with Crippen molar-refractivity contribution in [2.75, 3.05) is 0 Å². The maximum absolute atomic E-state index is 14.0. The van der Waals surface area contributed by atoms with E-state index in [1.54, 1.807) is 0 Å². The van der Waals surface area contributed by atoms with Gasteiger partial charge in [0.05, 0.1) is 6.04 Å². The fourth-order valence-corrected chi connectivity index (χ4v) is 2.64. The van der Waals surface area contributed by atoms with Crippen molar-refractivity contribution in [1.82, 2.24) is 0 Å². The Hall–Kier alpha value is -1.43. The zero-order valence-corrected chi connectivity index (χ0v) is 14.3. The van der Waals surface area contributed by atoms with E-state index in [0.717, 1.165) is 45.2 Å². The Bertz CT molecular complexity index is 530. The summed E-state index contributed by atoms with van der Waals surface area (Å²) in [6.45, 7) is 2.22. The maximum atomic E-state index is 14.0. The van der Waals surface area contributed by atoms with Gasteiger partial charge in [-0.05, 0) is 26.0 Å². The molecule has 1 saturated carbocycles. The fraction of sp³-hybridized carbons (Fsp3) is 0.625. The molecule has 1 fully saturated rings. The molecule has 23 heavy (non-hydrogen) atoms. The molecule has 0 heterocycles. The van der Waals surface area contributed by atoms with Crippen LogP contribution in [-0.4, -0.2) is 28.0 Å². The third-order valence-corrected chi connectivity index (χ3v) is 4.21. The van der Waals surface area contributed by atoms with Crippen LogP contribution in [0.2, 0.25) is 0 Å². The number of nitrogens with zero attached hydrogens (tertiary/aromatic N) is 1. The standard InChI is InChI=1S/C16H24ClF2N3O/c1-10(15(17)21)13(23)8-11(9-20)14(16(2,18)19)22-12-6-4-3-5-7-12/h9,12,21,23H,3-8,20H2,1-2H3. The summed E-state index contributed by atoms with van der Waals surface area (Å²) in [5.41, 5.74) is 5.29. The predicted octanol–water partition coefficient (Wildman–Crippen LogP) is 4.70. The molecule has 0 atom stereocenters. The molecule has 0 unspecified atom stereocenters. The summed E-state index contributed by atoms with van der Waals surface area (Å²) >= 11 is 5.51. The summed E-state index contributed by atoms with van der Waals surface area (Å²) < 4.78 is 28.0. The summed E-state index contributed by atoms with van der Waals surface area (Å²) in [6, 6.07) is -0.141. The van der Waals surface area contributed by atoms with Crippen molar-refractivity contribution < 1.29 is 13.9 Å². The van der Waals surface area contributed by atoms with Crippen LogP contribution in [0.1, 0.15) is 52.4 Å². The molecule has 0 radical (unpaired) electrons. The largest absolute Gasteiger partial charge is 0.512 e. The molecule has 130 valence electrons. The molecular formula is C16H24ClF2N3O. The van der Waals surface area contributed by atoms with Crippen LogP contribution in [0.15, 0.2) is 28.1 Å². The minimum absolute atomic E-state index is 0.0536. The molecule has 0 aromatic rings. The Morgan fingerprint density at radius 1 is 1.39 bits per heavy atom. The highest BCUT2D eigenvalue weighted by molar-refractivity contribution is 6.68. The molecule has 4 N–H and O–H groups in total. The molecule has 7 heteroatoms. The monoisotopic (exact) mass is 347 g/mol. The lowest BCUT2D eigenvalue weighted by Gasteiger charge is -2.23. The second-order valence-corrected chi connectivity index (χ2v) is 6.29. The molecule has 1 aliphatic carbocycles. The first-order valence-corrected chi connectivity index (χ1v) is 8.05. The number of aliphatic hydroxyl groups is 1. The second-order valence-electron chi connectivity index (χ2n) is 5.91. The second kappa shape index (κ2) is 8.43. The van der Waals surface area contributed by atoms with Gasteiger partial charge >= 0.3 is 0 Å². The number of alkyl halides is 2. The highest BCUT2D eigenvalue weighted by atomic mass is 35.5. The highest BCUT2D eigenvalue weighted by Gasteiger charge is 2.33. The van der Waals surface area contributed by atoms with Crippen molar-refractivity contribution in [2.45, 2.75) is 64.3 Å². The molecule has 0 amide bonds. The highest BCUT2D eigenvalue weighted by Crippen LogP contribution is 2.28. The molecule has 0 saturated heterocycles. The van der Waals surface area contributed by atoms with Crippen LogP contribution in [0.25, 0.3) is 0 Å². The SMILES string of the molecule is CC(C(=N)Cl)=C(O)CC(=CN)C(=NC1CCCCC1)C(C)(F)F. The van der Waals surface area contributed by atoms with Crippen molar-refractivity contribution in [3.8, 4) is 0 Å². The van der Waals surface area contributed by atoms with Gasteiger partial charge in [0.2, 0.25) is 0 Å². The average molecular weight is 348 g/mol. The number of nitrogens with one attached hydrogen (secondary N) is 1. The zero-order chi connectivity index (χ0) is 17.6. The van der Waals surface area contributed by atoms with E-state index in [4.69, 9.17) is 22.7 Å². The third kappa shape index (κ3) is 5.94. The minimum atomic E-state index is -3.16. The van der Waals surface area contributed by atoms with Gasteiger partial charge in [-0.25, -0.2) is 0 Å². The lowest BCUT2D eigenvalue weighted by molar-refractivity contribution is 0.0998. The van der Waals surface area contributed by atoms with E-state index in [2.05, 4.69) is 4.99 Å². The lowest BCUT2D eigenvalue weighted by atomic mass is 9.94. The summed E-state index contributed by atoms with van der Waals surface area (Å²) in [5, 5.41) is 16.9. The van der Waals surface area contributed by atoms with E-state index < -0.39 is 11.6 Å². The van der Waals surface area contributed by atoms with Crippen molar-refractivity contribution >= 4 is 22.5 Å². The molecule has 0 aliphatic heterocycles. The van der Waals surface area contributed by atoms with Crippen LogP contribution in [0, 0.1) is 5.41 Å². The van der Waals surface area contributed by atoms with Crippen LogP contribution < -0.4 is 5.73 Å². The smallest absolute Gasteiger partial charge is 0.286 e. The number of aliphatic hydroxyl groups excluding tert-OH is 1. The fourth-order valence-electron chi connectivity index (χ4n) is 2.53. The molecule has 0 aromatic carbocycles. The van der Waals surface area contributed by atoms with Gasteiger partial charge < -0.3 is 10.8 Å². The van der Waals surface area contributed by atoms with Gasteiger partial charge in [0, 0.05) is 24.5 Å². The first kappa shape index (κ1) is 19.6. The molecular weight excluding hydrogens is 324 g/mol. The van der Waals surface area contributed by atoms with E-state index in [1.807, 2.05) is 0 Å². The first-order chi connectivity index (χ1) is 10.7. The van der Waals surface area contributed by atoms with Gasteiger partial charge in [0.15, 0.2) is 0 Å². The van der Waals surface area contributed by atoms with E-state index in [0.29, 0.717) is 0 Å². The van der Waals surface area contributed by atoms with E-state index in [1.165, 1.54) is 6.92 Å². The number of aliphatic imine (C=N–C) groups is 1. The first-order valence-electron chi connectivity index (χ1n) is 7.67. The normalized spacial score (nSPS) is 19.5. The summed E-state index contributed by atoms with van der Waals surface area (Å²) in [5.74, 6) is -3.42. The van der Waals surface area contributed by atoms with E-state index in [-0.39, 0.29) is 34.5 Å². The summed E-state index contributed by atoms with van der Waals surface area (Å²) in [4.78, 5) is 4.23. The average Bonchev–Trinajstić information content (AvgIpc) is 2.49. The Morgan fingerprint density at radius 2 is 1.96 bits per heavy atom. The quantitative estimate of drug-likeness (QED) is 0.481. The summed E-state index contributed by atoms with van der Waals surface area (Å²) in [6.07, 6.45) is 5.43. The third-order valence-electron chi connectivity index (χ3n) is 3.93. The Kier molecular flexibility index (Phi) is 7.19. The minimum Gasteiger partial charge on any atom is -0.512 e. The van der Waals surface area contributed by atoms with Crippen LogP contribution >= 0.6 is 11.6 Å². The van der Waals surface area contributed by atoms with Gasteiger partial charge in [-0.2, -0.15) is 8.78 Å². The van der Waals surface area contributed by atoms with Gasteiger partial charge in [0.1, 0.15) is 16.6 Å². The Labute approximate surface area is 140 Å². The number of allylic oxidation sites excluding steroid dienone is 2. The predicted molar refractivity (Wildman–Crippen MR) is 90.7 cm³/mol. The molecule has 0 aromatic heterocycles. The molecule has 1 rings (SSSR count). The van der Waals surface area contributed by atoms with Crippen molar-refractivity contribution in [1.29, 1.82) is 5.41 Å². The number of hydrogen-bond donors (Lipinski definition) is 3. The number of hydrogen-bond acceptors (Lipinski definition) is 4. The topological polar surface area (TPSA) is 82.5 Å². The molecule has 0 bridgehead atoms. The van der Waals surface area contributed by atoms with E-state index >= 15 is 0 Å². The Balaban J connectivity index is 3.11. The molecule has 4 nitrogen and oxygen atoms in total. The number of nitrogens with two attached hydrogens (primary N) is 1. The van der Waals surface area contributed by atoms with Gasteiger partial charge in [-0.3, -0.25) is 10.4 Å². The van der Waals surface area contributed by atoms with E-state index in [9.17, 15) is 13.9 Å². The van der Waals surface area contributed by atoms with Crippen molar-refractivity contribution in [3.63, 3.8) is 0 Å². The van der Waals surface area contributed by atoms with Crippen molar-refractivity contribution in [2.24, 2.45) is 10.7 Å². The van der Waals surface area contributed by atoms with Crippen LogP contribution in [0.4, 0.5) is 8.78 Å². The number of halogens is 3.